The summed E-state index contributed by atoms with van der Waals surface area (Å²) in [5.41, 5.74) is -1.10. The summed E-state index contributed by atoms with van der Waals surface area (Å²) in [5.74, 6) is -0.622. The van der Waals surface area contributed by atoms with Crippen molar-refractivity contribution in [3.8, 4) is 0 Å². The van der Waals surface area contributed by atoms with E-state index in [-0.39, 0.29) is 31.1 Å². The van der Waals surface area contributed by atoms with E-state index in [0.29, 0.717) is 13.1 Å². The van der Waals surface area contributed by atoms with E-state index in [1.54, 1.807) is 0 Å². The van der Waals surface area contributed by atoms with Crippen LogP contribution in [-0.2, 0) is 22.0 Å². The van der Waals surface area contributed by atoms with Crippen LogP contribution in [0, 0.1) is 0 Å². The number of benzene rings is 1. The van der Waals surface area contributed by atoms with Gasteiger partial charge in [-0.1, -0.05) is 18.2 Å². The van der Waals surface area contributed by atoms with Crippen molar-refractivity contribution in [3.63, 3.8) is 0 Å². The molecule has 0 aromatic heterocycles. The van der Waals surface area contributed by atoms with Crippen molar-refractivity contribution in [1.29, 1.82) is 0 Å². The van der Waals surface area contributed by atoms with Crippen molar-refractivity contribution in [3.05, 3.63) is 35.4 Å². The maximum absolute atomic E-state index is 12.8. The highest BCUT2D eigenvalue weighted by atomic mass is 35.5. The van der Waals surface area contributed by atoms with E-state index in [1.165, 1.54) is 22.5 Å². The Morgan fingerprint density at radius 1 is 1.14 bits per heavy atom. The number of rotatable bonds is 3. The van der Waals surface area contributed by atoms with Crippen LogP contribution in [-0.4, -0.2) is 38.9 Å². The monoisotopic (exact) mass is 344 g/mol. The van der Waals surface area contributed by atoms with Crippen LogP contribution >= 0.6 is 12.4 Å². The van der Waals surface area contributed by atoms with Crippen LogP contribution in [0.3, 0.4) is 0 Å². The smallest absolute Gasteiger partial charge is 0.314 e. The number of alkyl halides is 3. The number of sulfonamides is 1. The number of nitrogens with zero attached hydrogens (tertiary/aromatic N) is 1. The van der Waals surface area contributed by atoms with Gasteiger partial charge in [-0.15, -0.1) is 12.4 Å². The highest BCUT2D eigenvalue weighted by molar-refractivity contribution is 7.88. The molecule has 2 rings (SSSR count). The molecule has 0 unspecified atom stereocenters. The van der Waals surface area contributed by atoms with Gasteiger partial charge in [0, 0.05) is 26.2 Å². The average molecular weight is 345 g/mol. The second kappa shape index (κ2) is 6.95. The fraction of sp³-hybridized carbons (Fsp3) is 0.500. The lowest BCUT2D eigenvalue weighted by Crippen LogP contribution is -2.46. The number of piperazine rings is 1. The maximum atomic E-state index is 12.8. The van der Waals surface area contributed by atoms with Gasteiger partial charge >= 0.3 is 6.18 Å². The van der Waals surface area contributed by atoms with Crippen molar-refractivity contribution in [2.24, 2.45) is 0 Å². The Morgan fingerprint density at radius 3 is 2.29 bits per heavy atom. The van der Waals surface area contributed by atoms with Crippen molar-refractivity contribution in [1.82, 2.24) is 9.62 Å². The topological polar surface area (TPSA) is 49.4 Å². The van der Waals surface area contributed by atoms with Crippen molar-refractivity contribution in [2.45, 2.75) is 11.9 Å². The zero-order chi connectivity index (χ0) is 14.8. The van der Waals surface area contributed by atoms with Gasteiger partial charge in [0.2, 0.25) is 10.0 Å². The summed E-state index contributed by atoms with van der Waals surface area (Å²) in [5, 5.41) is 3.00. The lowest BCUT2D eigenvalue weighted by Gasteiger charge is -2.27. The molecule has 0 bridgehead atoms. The molecule has 9 heteroatoms. The lowest BCUT2D eigenvalue weighted by molar-refractivity contribution is -0.138. The van der Waals surface area contributed by atoms with E-state index in [9.17, 15) is 21.6 Å². The molecule has 0 saturated carbocycles. The first-order valence-electron chi connectivity index (χ1n) is 6.14. The molecule has 21 heavy (non-hydrogen) atoms. The van der Waals surface area contributed by atoms with Gasteiger partial charge in [-0.05, 0) is 11.6 Å². The number of hydrogen-bond acceptors (Lipinski definition) is 3. The third kappa shape index (κ3) is 4.57. The first kappa shape index (κ1) is 18.2. The van der Waals surface area contributed by atoms with Crippen molar-refractivity contribution >= 4 is 22.4 Å². The van der Waals surface area contributed by atoms with Crippen LogP contribution in [0.1, 0.15) is 11.1 Å². The fourth-order valence-electron chi connectivity index (χ4n) is 2.13. The molecule has 1 aliphatic heterocycles. The Balaban J connectivity index is 0.00000220. The van der Waals surface area contributed by atoms with Crippen LogP contribution < -0.4 is 5.32 Å². The van der Waals surface area contributed by atoms with E-state index >= 15 is 0 Å². The first-order chi connectivity index (χ1) is 9.31. The molecular formula is C12H16ClF3N2O2S. The molecule has 0 spiro atoms. The Hall–Kier alpha value is -0.830. The first-order valence-corrected chi connectivity index (χ1v) is 7.75. The normalized spacial score (nSPS) is 17.3. The zero-order valence-electron chi connectivity index (χ0n) is 11.1. The van der Waals surface area contributed by atoms with Crippen LogP contribution in [0.25, 0.3) is 0 Å². The summed E-state index contributed by atoms with van der Waals surface area (Å²) < 4.78 is 64.1. The van der Waals surface area contributed by atoms with Gasteiger partial charge in [-0.25, -0.2) is 8.42 Å². The molecular weight excluding hydrogens is 329 g/mol. The molecule has 0 amide bonds. The van der Waals surface area contributed by atoms with E-state index in [0.717, 1.165) is 6.07 Å². The van der Waals surface area contributed by atoms with Gasteiger partial charge in [0.15, 0.2) is 0 Å². The lowest BCUT2D eigenvalue weighted by atomic mass is 10.1. The Bertz CT molecular complexity index is 572. The molecule has 4 nitrogen and oxygen atoms in total. The average Bonchev–Trinajstić information content (AvgIpc) is 2.39. The minimum atomic E-state index is -4.55. The maximum Gasteiger partial charge on any atom is 0.416 e. The molecule has 1 fully saturated rings. The summed E-state index contributed by atoms with van der Waals surface area (Å²) in [7, 11) is -3.73. The van der Waals surface area contributed by atoms with E-state index < -0.39 is 27.5 Å². The quantitative estimate of drug-likeness (QED) is 0.910. The van der Waals surface area contributed by atoms with Crippen LogP contribution in [0.2, 0.25) is 0 Å². The molecule has 0 radical (unpaired) electrons. The number of halogens is 4. The Morgan fingerprint density at radius 2 is 1.71 bits per heavy atom. The molecule has 1 saturated heterocycles. The van der Waals surface area contributed by atoms with Crippen LogP contribution in [0.5, 0.6) is 0 Å². The van der Waals surface area contributed by atoms with Crippen LogP contribution in [0.15, 0.2) is 24.3 Å². The molecule has 1 aliphatic rings. The SMILES string of the molecule is Cl.O=S(=O)(Cc1ccccc1C(F)(F)F)N1CCNCC1. The molecule has 1 heterocycles. The second-order valence-corrected chi connectivity index (χ2v) is 6.53. The van der Waals surface area contributed by atoms with Crippen molar-refractivity contribution in [2.75, 3.05) is 26.2 Å². The third-order valence-electron chi connectivity index (χ3n) is 3.13. The Labute approximate surface area is 127 Å². The van der Waals surface area contributed by atoms with Gasteiger partial charge in [-0.2, -0.15) is 17.5 Å². The Kier molecular flexibility index (Phi) is 6.03. The van der Waals surface area contributed by atoms with E-state index in [2.05, 4.69) is 5.32 Å². The summed E-state index contributed by atoms with van der Waals surface area (Å²) in [4.78, 5) is 0. The predicted molar refractivity (Wildman–Crippen MR) is 75.8 cm³/mol. The fourth-order valence-corrected chi connectivity index (χ4v) is 3.70. The van der Waals surface area contributed by atoms with E-state index in [1.807, 2.05) is 0 Å². The highest BCUT2D eigenvalue weighted by Crippen LogP contribution is 2.32. The minimum Gasteiger partial charge on any atom is -0.314 e. The van der Waals surface area contributed by atoms with Gasteiger partial charge in [-0.3, -0.25) is 0 Å². The van der Waals surface area contributed by atoms with Gasteiger partial charge in [0.1, 0.15) is 0 Å². The largest absolute Gasteiger partial charge is 0.416 e. The molecule has 0 atom stereocenters. The predicted octanol–water partition coefficient (Wildman–Crippen LogP) is 1.86. The van der Waals surface area contributed by atoms with Gasteiger partial charge < -0.3 is 5.32 Å². The second-order valence-electron chi connectivity index (χ2n) is 4.56. The molecule has 1 aromatic rings. The number of hydrogen-bond donors (Lipinski definition) is 1. The molecule has 1 aromatic carbocycles. The van der Waals surface area contributed by atoms with E-state index in [4.69, 9.17) is 0 Å². The molecule has 0 aliphatic carbocycles. The van der Waals surface area contributed by atoms with Crippen molar-refractivity contribution < 1.29 is 21.6 Å². The highest BCUT2D eigenvalue weighted by Gasteiger charge is 2.35. The summed E-state index contributed by atoms with van der Waals surface area (Å²) >= 11 is 0. The van der Waals surface area contributed by atoms with Gasteiger partial charge in [0.25, 0.3) is 0 Å². The number of nitrogens with one attached hydrogen (secondary N) is 1. The van der Waals surface area contributed by atoms with Crippen LogP contribution in [0.4, 0.5) is 13.2 Å². The third-order valence-corrected chi connectivity index (χ3v) is 4.96. The molecule has 1 N–H and O–H groups in total. The standard InChI is InChI=1S/C12H15F3N2O2S.ClH/c13-12(14,15)11-4-2-1-3-10(11)9-20(18,19)17-7-5-16-6-8-17;/h1-4,16H,5-9H2;1H. The van der Waals surface area contributed by atoms with Gasteiger partial charge in [0.05, 0.1) is 11.3 Å². The minimum absolute atomic E-state index is 0. The summed E-state index contributed by atoms with van der Waals surface area (Å²) in [6.07, 6.45) is -4.55. The summed E-state index contributed by atoms with van der Waals surface area (Å²) in [6.45, 7) is 1.60. The zero-order valence-corrected chi connectivity index (χ0v) is 12.7. The molecule has 120 valence electrons. The summed E-state index contributed by atoms with van der Waals surface area (Å²) in [6, 6.07) is 4.78.